The van der Waals surface area contributed by atoms with Crippen LogP contribution in [0.25, 0.3) is 0 Å². The number of carboxylic acid groups (broad SMARTS) is 1. The Hall–Kier alpha value is -1.94. The van der Waals surface area contributed by atoms with Crippen LogP contribution in [-0.2, 0) is 9.53 Å². The molecule has 1 aromatic rings. The number of nitrogens with zero attached hydrogens (tertiary/aromatic N) is 1. The van der Waals surface area contributed by atoms with E-state index in [-0.39, 0.29) is 23.9 Å². The van der Waals surface area contributed by atoms with Crippen LogP contribution in [0.4, 0.5) is 13.2 Å². The fraction of sp³-hybridized carbons (Fsp3) is 0.429. The first-order chi connectivity index (χ1) is 11.1. The molecule has 0 aromatic heterocycles. The van der Waals surface area contributed by atoms with Gasteiger partial charge < -0.3 is 14.9 Å². The maximum absolute atomic E-state index is 11.8. The van der Waals surface area contributed by atoms with Crippen molar-refractivity contribution in [1.29, 1.82) is 0 Å². The Morgan fingerprint density at radius 1 is 1.42 bits per heavy atom. The number of carboxylic acids is 1. The van der Waals surface area contributed by atoms with Crippen LogP contribution < -0.4 is 4.74 Å². The summed E-state index contributed by atoms with van der Waals surface area (Å²) in [5, 5.41) is 19.5. The third-order valence-corrected chi connectivity index (χ3v) is 4.41. The largest absolute Gasteiger partial charge is 0.522 e. The van der Waals surface area contributed by atoms with Gasteiger partial charge in [-0.3, -0.25) is 9.73 Å². The molecule has 2 rings (SSSR count). The molecule has 132 valence electrons. The lowest BCUT2D eigenvalue weighted by Gasteiger charge is -2.12. The lowest BCUT2D eigenvalue weighted by atomic mass is 10.1. The van der Waals surface area contributed by atoms with Crippen molar-refractivity contribution >= 4 is 22.8 Å². The minimum atomic E-state index is -4.72. The highest BCUT2D eigenvalue weighted by atomic mass is 32.2. The minimum absolute atomic E-state index is 0.159. The number of aliphatic imine (C=N–C) groups is 1. The standard InChI is InChI=1S/C14H14F3NO5S/c1-13(12(20)21)7-24-11(18-13)9-3-2-8(6-10(9)19)22-4-5-23-14(15,16)17/h2-3,6,19H,4-5,7H2,1H3,(H,20,21). The normalized spacial score (nSPS) is 20.8. The van der Waals surface area contributed by atoms with Gasteiger partial charge in [-0.1, -0.05) is 0 Å². The predicted molar refractivity (Wildman–Crippen MR) is 80.6 cm³/mol. The van der Waals surface area contributed by atoms with Crippen molar-refractivity contribution in [2.75, 3.05) is 19.0 Å². The second-order valence-corrected chi connectivity index (χ2v) is 6.07. The molecule has 6 nitrogen and oxygen atoms in total. The Morgan fingerprint density at radius 3 is 2.67 bits per heavy atom. The SMILES string of the molecule is CC1(C(=O)O)CSC(c2ccc(OCCOC(F)(F)F)cc2O)=N1. The predicted octanol–water partition coefficient (Wildman–Crippen LogP) is 2.64. The first-order valence-corrected chi connectivity index (χ1v) is 7.72. The molecule has 0 saturated heterocycles. The topological polar surface area (TPSA) is 88.4 Å². The third kappa shape index (κ3) is 4.54. The number of ether oxygens (including phenoxy) is 2. The number of carbonyl (C=O) groups is 1. The zero-order valence-electron chi connectivity index (χ0n) is 12.5. The molecular formula is C14H14F3NO5S. The number of phenolic OH excluding ortho intramolecular Hbond substituents is 1. The van der Waals surface area contributed by atoms with Crippen molar-refractivity contribution in [1.82, 2.24) is 0 Å². The zero-order valence-corrected chi connectivity index (χ0v) is 13.3. The lowest BCUT2D eigenvalue weighted by molar-refractivity contribution is -0.325. The summed E-state index contributed by atoms with van der Waals surface area (Å²) in [6, 6.07) is 4.14. The fourth-order valence-corrected chi connectivity index (χ4v) is 3.04. The van der Waals surface area contributed by atoms with Gasteiger partial charge >= 0.3 is 12.3 Å². The van der Waals surface area contributed by atoms with E-state index in [9.17, 15) is 23.1 Å². The molecule has 0 amide bonds. The number of phenols is 1. The molecule has 0 saturated carbocycles. The van der Waals surface area contributed by atoms with Gasteiger partial charge in [0.2, 0.25) is 0 Å². The van der Waals surface area contributed by atoms with Gasteiger partial charge in [-0.15, -0.1) is 24.9 Å². The summed E-state index contributed by atoms with van der Waals surface area (Å²) in [7, 11) is 0. The van der Waals surface area contributed by atoms with E-state index in [0.29, 0.717) is 10.6 Å². The molecule has 0 radical (unpaired) electrons. The first-order valence-electron chi connectivity index (χ1n) is 6.74. The summed E-state index contributed by atoms with van der Waals surface area (Å²) >= 11 is 1.20. The maximum atomic E-state index is 11.8. The van der Waals surface area contributed by atoms with Crippen LogP contribution in [0.5, 0.6) is 11.5 Å². The molecule has 1 heterocycles. The fourth-order valence-electron chi connectivity index (χ4n) is 1.84. The van der Waals surface area contributed by atoms with Gasteiger partial charge in [0.05, 0.1) is 6.61 Å². The molecule has 1 atom stereocenters. The summed E-state index contributed by atoms with van der Waals surface area (Å²) in [5.41, 5.74) is -0.917. The summed E-state index contributed by atoms with van der Waals surface area (Å²) in [6.45, 7) is 0.459. The summed E-state index contributed by atoms with van der Waals surface area (Å²) in [4.78, 5) is 15.3. The molecule has 0 bridgehead atoms. The van der Waals surface area contributed by atoms with Crippen molar-refractivity contribution in [2.24, 2.45) is 4.99 Å². The molecule has 1 unspecified atom stereocenters. The van der Waals surface area contributed by atoms with Crippen LogP contribution in [-0.4, -0.2) is 52.1 Å². The number of aromatic hydroxyl groups is 1. The van der Waals surface area contributed by atoms with E-state index in [1.807, 2.05) is 0 Å². The van der Waals surface area contributed by atoms with Gasteiger partial charge in [-0.2, -0.15) is 0 Å². The number of hydrogen-bond acceptors (Lipinski definition) is 6. The highest BCUT2D eigenvalue weighted by Crippen LogP contribution is 2.35. The Kier molecular flexibility index (Phi) is 5.29. The maximum Gasteiger partial charge on any atom is 0.522 e. The van der Waals surface area contributed by atoms with Crippen LogP contribution in [0.1, 0.15) is 12.5 Å². The first kappa shape index (κ1) is 18.4. The van der Waals surface area contributed by atoms with Crippen LogP contribution >= 0.6 is 11.8 Å². The Morgan fingerprint density at radius 2 is 2.12 bits per heavy atom. The van der Waals surface area contributed by atoms with Crippen molar-refractivity contribution in [3.63, 3.8) is 0 Å². The van der Waals surface area contributed by atoms with Crippen molar-refractivity contribution in [3.8, 4) is 11.5 Å². The second-order valence-electron chi connectivity index (χ2n) is 5.11. The van der Waals surface area contributed by atoms with E-state index in [0.717, 1.165) is 0 Å². The van der Waals surface area contributed by atoms with Gasteiger partial charge in [0.1, 0.15) is 23.1 Å². The van der Waals surface area contributed by atoms with Crippen molar-refractivity contribution in [3.05, 3.63) is 23.8 Å². The second kappa shape index (κ2) is 6.89. The van der Waals surface area contributed by atoms with E-state index in [1.165, 1.54) is 36.9 Å². The average molecular weight is 365 g/mol. The van der Waals surface area contributed by atoms with E-state index in [1.54, 1.807) is 0 Å². The van der Waals surface area contributed by atoms with Gasteiger partial charge in [0.25, 0.3) is 0 Å². The zero-order chi connectivity index (χ0) is 18.0. The highest BCUT2D eigenvalue weighted by Gasteiger charge is 2.39. The number of alkyl halides is 3. The molecule has 1 aliphatic heterocycles. The number of thioether (sulfide) groups is 1. The molecule has 1 aliphatic rings. The molecule has 0 spiro atoms. The minimum Gasteiger partial charge on any atom is -0.507 e. The van der Waals surface area contributed by atoms with E-state index < -0.39 is 24.5 Å². The molecule has 10 heteroatoms. The summed E-state index contributed by atoms with van der Waals surface area (Å²) < 4.78 is 44.1. The molecule has 0 fully saturated rings. The van der Waals surface area contributed by atoms with E-state index in [4.69, 9.17) is 9.84 Å². The molecular weight excluding hydrogens is 351 g/mol. The summed E-state index contributed by atoms with van der Waals surface area (Å²) in [5.74, 6) is -0.865. The van der Waals surface area contributed by atoms with Gasteiger partial charge in [0.15, 0.2) is 5.54 Å². The quantitative estimate of drug-likeness (QED) is 0.754. The van der Waals surface area contributed by atoms with E-state index >= 15 is 0 Å². The summed E-state index contributed by atoms with van der Waals surface area (Å²) in [6.07, 6.45) is -4.72. The molecule has 24 heavy (non-hydrogen) atoms. The third-order valence-electron chi connectivity index (χ3n) is 3.12. The Bertz CT molecular complexity index is 664. The number of halogens is 3. The number of benzene rings is 1. The van der Waals surface area contributed by atoms with Crippen molar-refractivity contribution in [2.45, 2.75) is 18.8 Å². The van der Waals surface area contributed by atoms with Crippen LogP contribution in [0, 0.1) is 0 Å². The number of hydrogen-bond donors (Lipinski definition) is 2. The van der Waals surface area contributed by atoms with E-state index in [2.05, 4.69) is 9.73 Å². The Balaban J connectivity index is 2.02. The number of rotatable bonds is 6. The molecule has 1 aromatic carbocycles. The van der Waals surface area contributed by atoms with Crippen LogP contribution in [0.3, 0.4) is 0 Å². The van der Waals surface area contributed by atoms with Gasteiger partial charge in [0, 0.05) is 17.4 Å². The van der Waals surface area contributed by atoms with Gasteiger partial charge in [-0.05, 0) is 19.1 Å². The van der Waals surface area contributed by atoms with Gasteiger partial charge in [-0.25, -0.2) is 4.79 Å². The average Bonchev–Trinajstić information content (AvgIpc) is 2.86. The Labute approximate surface area is 139 Å². The van der Waals surface area contributed by atoms with Crippen molar-refractivity contribution < 1.29 is 37.7 Å². The monoisotopic (exact) mass is 365 g/mol. The highest BCUT2D eigenvalue weighted by molar-refractivity contribution is 8.14. The lowest BCUT2D eigenvalue weighted by Crippen LogP contribution is -2.33. The van der Waals surface area contributed by atoms with Crippen LogP contribution in [0.2, 0.25) is 0 Å². The number of aliphatic carboxylic acids is 1. The molecule has 0 aliphatic carbocycles. The molecule has 2 N–H and O–H groups in total. The smallest absolute Gasteiger partial charge is 0.507 e. The van der Waals surface area contributed by atoms with Crippen LogP contribution in [0.15, 0.2) is 23.2 Å².